The number of halogens is 4. The number of hydrogen-bond donors (Lipinski definition) is 0. The second-order valence-electron chi connectivity index (χ2n) is 3.07. The molecule has 0 saturated carbocycles. The Labute approximate surface area is 95.1 Å². The van der Waals surface area contributed by atoms with Crippen LogP contribution in [0.1, 0.15) is 5.56 Å². The molecule has 1 aromatic rings. The maximum Gasteiger partial charge on any atom is 0.264 e. The van der Waals surface area contributed by atoms with Crippen LogP contribution >= 0.6 is 0 Å². The standard InChI is InChI=1S/C9H7F4O3S/c1-17(14,15)16-3-2-5-8(12)6(10)4-7(11)9(5)13/h2,4H,3H2,1H3. The van der Waals surface area contributed by atoms with Crippen molar-refractivity contribution in [1.29, 1.82) is 0 Å². The van der Waals surface area contributed by atoms with Gasteiger partial charge in [0.25, 0.3) is 10.1 Å². The minimum atomic E-state index is -3.80. The minimum Gasteiger partial charge on any atom is -0.270 e. The minimum absolute atomic E-state index is 0.0550. The first-order valence-corrected chi connectivity index (χ1v) is 6.04. The second kappa shape index (κ2) is 5.01. The Morgan fingerprint density at radius 3 is 2.06 bits per heavy atom. The molecular weight excluding hydrogens is 264 g/mol. The Kier molecular flexibility index (Phi) is 4.10. The van der Waals surface area contributed by atoms with Gasteiger partial charge in [0.15, 0.2) is 23.3 Å². The summed E-state index contributed by atoms with van der Waals surface area (Å²) in [5, 5.41) is 0. The molecule has 95 valence electrons. The van der Waals surface area contributed by atoms with E-state index >= 15 is 0 Å². The first kappa shape index (κ1) is 13.9. The Bertz CT molecular complexity index is 501. The lowest BCUT2D eigenvalue weighted by Gasteiger charge is -2.06. The van der Waals surface area contributed by atoms with Crippen LogP contribution in [0.25, 0.3) is 0 Å². The molecule has 0 atom stereocenters. The van der Waals surface area contributed by atoms with Gasteiger partial charge in [-0.2, -0.15) is 8.42 Å². The van der Waals surface area contributed by atoms with Gasteiger partial charge in [0.1, 0.15) is 0 Å². The van der Waals surface area contributed by atoms with Gasteiger partial charge in [0, 0.05) is 18.1 Å². The highest BCUT2D eigenvalue weighted by atomic mass is 32.2. The zero-order chi connectivity index (χ0) is 13.2. The molecule has 0 fully saturated rings. The fourth-order valence-electron chi connectivity index (χ4n) is 1.01. The topological polar surface area (TPSA) is 43.4 Å². The average molecular weight is 271 g/mol. The highest BCUT2D eigenvalue weighted by molar-refractivity contribution is 7.85. The zero-order valence-electron chi connectivity index (χ0n) is 8.51. The van der Waals surface area contributed by atoms with Crippen LogP contribution in [0.15, 0.2) is 6.07 Å². The van der Waals surface area contributed by atoms with Crippen molar-refractivity contribution in [3.63, 3.8) is 0 Å². The van der Waals surface area contributed by atoms with E-state index in [1.807, 2.05) is 0 Å². The maximum atomic E-state index is 13.0. The lowest BCUT2D eigenvalue weighted by Crippen LogP contribution is -2.08. The van der Waals surface area contributed by atoms with Crippen LogP contribution in [0.5, 0.6) is 0 Å². The molecule has 0 N–H and O–H groups in total. The number of rotatable bonds is 4. The molecule has 1 radical (unpaired) electrons. The summed E-state index contributed by atoms with van der Waals surface area (Å²) in [6.45, 7) is -0.727. The van der Waals surface area contributed by atoms with Crippen molar-refractivity contribution >= 4 is 10.1 Å². The average Bonchev–Trinajstić information content (AvgIpc) is 2.19. The first-order valence-electron chi connectivity index (χ1n) is 4.23. The maximum absolute atomic E-state index is 13.0. The fourth-order valence-corrected chi connectivity index (χ4v) is 1.33. The number of benzene rings is 1. The first-order chi connectivity index (χ1) is 7.72. The highest BCUT2D eigenvalue weighted by Gasteiger charge is 2.19. The highest BCUT2D eigenvalue weighted by Crippen LogP contribution is 2.20. The van der Waals surface area contributed by atoms with E-state index in [-0.39, 0.29) is 6.07 Å². The third-order valence-electron chi connectivity index (χ3n) is 1.72. The summed E-state index contributed by atoms with van der Waals surface area (Å²) in [7, 11) is -3.80. The van der Waals surface area contributed by atoms with Crippen LogP contribution in [-0.2, 0) is 14.3 Å². The molecule has 0 aliphatic carbocycles. The normalized spacial score (nSPS) is 11.8. The van der Waals surface area contributed by atoms with Crippen LogP contribution in [0.4, 0.5) is 17.6 Å². The molecule has 0 unspecified atom stereocenters. The lowest BCUT2D eigenvalue weighted by atomic mass is 10.1. The summed E-state index contributed by atoms with van der Waals surface area (Å²) < 4.78 is 76.8. The van der Waals surface area contributed by atoms with E-state index < -0.39 is 45.6 Å². The molecule has 0 saturated heterocycles. The van der Waals surface area contributed by atoms with Gasteiger partial charge >= 0.3 is 0 Å². The summed E-state index contributed by atoms with van der Waals surface area (Å²) in [6, 6.07) is 0.0550. The summed E-state index contributed by atoms with van der Waals surface area (Å²) in [5.41, 5.74) is -1.01. The monoisotopic (exact) mass is 271 g/mol. The zero-order valence-corrected chi connectivity index (χ0v) is 9.32. The molecule has 0 spiro atoms. The number of hydrogen-bond acceptors (Lipinski definition) is 3. The molecule has 3 nitrogen and oxygen atoms in total. The van der Waals surface area contributed by atoms with E-state index in [4.69, 9.17) is 0 Å². The van der Waals surface area contributed by atoms with Gasteiger partial charge < -0.3 is 0 Å². The van der Waals surface area contributed by atoms with Gasteiger partial charge in [0.05, 0.1) is 12.9 Å². The van der Waals surface area contributed by atoms with E-state index in [2.05, 4.69) is 4.18 Å². The van der Waals surface area contributed by atoms with Crippen molar-refractivity contribution in [2.24, 2.45) is 0 Å². The Morgan fingerprint density at radius 2 is 1.65 bits per heavy atom. The molecule has 0 heterocycles. The summed E-state index contributed by atoms with van der Waals surface area (Å²) >= 11 is 0. The molecular formula is C9H7F4O3S. The Morgan fingerprint density at radius 1 is 1.18 bits per heavy atom. The SMILES string of the molecule is CS(=O)(=O)OC[CH]c1c(F)c(F)cc(F)c1F. The second-order valence-corrected chi connectivity index (χ2v) is 4.72. The lowest BCUT2D eigenvalue weighted by molar-refractivity contribution is 0.348. The van der Waals surface area contributed by atoms with Crippen molar-refractivity contribution in [3.05, 3.63) is 41.3 Å². The van der Waals surface area contributed by atoms with Gasteiger partial charge in [0.2, 0.25) is 0 Å². The summed E-state index contributed by atoms with van der Waals surface area (Å²) in [5.74, 6) is -6.37. The molecule has 0 aliphatic rings. The van der Waals surface area contributed by atoms with Gasteiger partial charge in [-0.15, -0.1) is 0 Å². The van der Waals surface area contributed by atoms with Crippen LogP contribution in [0.3, 0.4) is 0 Å². The van der Waals surface area contributed by atoms with Crippen molar-refractivity contribution in [1.82, 2.24) is 0 Å². The van der Waals surface area contributed by atoms with E-state index in [0.717, 1.165) is 6.26 Å². The van der Waals surface area contributed by atoms with Crippen molar-refractivity contribution in [2.75, 3.05) is 12.9 Å². The van der Waals surface area contributed by atoms with Crippen LogP contribution in [0, 0.1) is 29.7 Å². The van der Waals surface area contributed by atoms with Crippen LogP contribution in [-0.4, -0.2) is 21.3 Å². The smallest absolute Gasteiger partial charge is 0.264 e. The van der Waals surface area contributed by atoms with Crippen molar-refractivity contribution in [2.45, 2.75) is 0 Å². The molecule has 8 heteroatoms. The molecule has 1 aromatic carbocycles. The third-order valence-corrected chi connectivity index (χ3v) is 2.28. The molecule has 0 aliphatic heterocycles. The largest absolute Gasteiger partial charge is 0.270 e. The van der Waals surface area contributed by atoms with Crippen LogP contribution in [0.2, 0.25) is 0 Å². The van der Waals surface area contributed by atoms with E-state index in [1.165, 1.54) is 0 Å². The predicted octanol–water partition coefficient (Wildman–Crippen LogP) is 1.77. The molecule has 1 rings (SSSR count). The molecule has 17 heavy (non-hydrogen) atoms. The molecule has 0 aromatic heterocycles. The van der Waals surface area contributed by atoms with Gasteiger partial charge in [-0.25, -0.2) is 17.6 Å². The summed E-state index contributed by atoms with van der Waals surface area (Å²) in [4.78, 5) is 0. The molecule has 0 amide bonds. The van der Waals surface area contributed by atoms with E-state index in [9.17, 15) is 26.0 Å². The van der Waals surface area contributed by atoms with E-state index in [0.29, 0.717) is 6.42 Å². The predicted molar refractivity (Wildman–Crippen MR) is 50.5 cm³/mol. The third kappa shape index (κ3) is 3.67. The van der Waals surface area contributed by atoms with Gasteiger partial charge in [-0.05, 0) is 0 Å². The quantitative estimate of drug-likeness (QED) is 0.476. The van der Waals surface area contributed by atoms with Gasteiger partial charge in [-0.3, -0.25) is 4.18 Å². The van der Waals surface area contributed by atoms with E-state index in [1.54, 1.807) is 0 Å². The fraction of sp³-hybridized carbons (Fsp3) is 0.222. The van der Waals surface area contributed by atoms with Crippen molar-refractivity contribution in [3.8, 4) is 0 Å². The molecule has 0 bridgehead atoms. The Balaban J connectivity index is 2.91. The Hall–Kier alpha value is -1.15. The summed E-state index contributed by atoms with van der Waals surface area (Å²) in [6.07, 6.45) is 1.32. The van der Waals surface area contributed by atoms with Crippen LogP contribution < -0.4 is 0 Å². The van der Waals surface area contributed by atoms with Gasteiger partial charge in [-0.1, -0.05) is 0 Å². The van der Waals surface area contributed by atoms with Crippen molar-refractivity contribution < 1.29 is 30.2 Å².